The first-order valence-corrected chi connectivity index (χ1v) is 10.6. The van der Waals surface area contributed by atoms with Crippen molar-refractivity contribution in [2.24, 2.45) is 0 Å². The second-order valence-electron chi connectivity index (χ2n) is 7.37. The molecule has 1 amide bonds. The van der Waals surface area contributed by atoms with E-state index < -0.39 is 0 Å². The number of carbonyl (C=O) groups is 1. The van der Waals surface area contributed by atoms with Gasteiger partial charge < -0.3 is 10.1 Å². The SMILES string of the molecule is O=C(C=Cc1ccc2ccc(Cl)cc2n1)NCC(c1ccc(F)cc1)N1CCOCC1. The van der Waals surface area contributed by atoms with Crippen molar-refractivity contribution in [1.29, 1.82) is 0 Å². The monoisotopic (exact) mass is 439 g/mol. The fraction of sp³-hybridized carbons (Fsp3) is 0.250. The molecule has 1 fully saturated rings. The highest BCUT2D eigenvalue weighted by atomic mass is 35.5. The molecule has 1 N–H and O–H groups in total. The summed E-state index contributed by atoms with van der Waals surface area (Å²) in [6, 6.07) is 15.7. The highest BCUT2D eigenvalue weighted by Gasteiger charge is 2.23. The predicted octanol–water partition coefficient (Wildman–Crippen LogP) is 4.23. The zero-order valence-corrected chi connectivity index (χ0v) is 17.7. The van der Waals surface area contributed by atoms with E-state index in [-0.39, 0.29) is 17.8 Å². The zero-order chi connectivity index (χ0) is 21.6. The minimum Gasteiger partial charge on any atom is -0.379 e. The van der Waals surface area contributed by atoms with Crippen molar-refractivity contribution >= 4 is 34.5 Å². The van der Waals surface area contributed by atoms with Gasteiger partial charge in [0.05, 0.1) is 30.5 Å². The van der Waals surface area contributed by atoms with E-state index in [1.807, 2.05) is 24.3 Å². The van der Waals surface area contributed by atoms with Gasteiger partial charge in [0.1, 0.15) is 5.82 Å². The van der Waals surface area contributed by atoms with Gasteiger partial charge in [0.25, 0.3) is 0 Å². The zero-order valence-electron chi connectivity index (χ0n) is 16.9. The normalized spacial score (nSPS) is 15.9. The average molecular weight is 440 g/mol. The van der Waals surface area contributed by atoms with E-state index in [4.69, 9.17) is 16.3 Å². The van der Waals surface area contributed by atoms with E-state index in [0.717, 1.165) is 29.6 Å². The van der Waals surface area contributed by atoms with Crippen molar-refractivity contribution in [2.75, 3.05) is 32.8 Å². The van der Waals surface area contributed by atoms with Gasteiger partial charge in [0.2, 0.25) is 5.91 Å². The first-order valence-electron chi connectivity index (χ1n) is 10.2. The van der Waals surface area contributed by atoms with Crippen LogP contribution in [0.5, 0.6) is 0 Å². The van der Waals surface area contributed by atoms with Crippen molar-refractivity contribution in [3.05, 3.63) is 82.8 Å². The van der Waals surface area contributed by atoms with E-state index in [0.29, 0.717) is 30.5 Å². The summed E-state index contributed by atoms with van der Waals surface area (Å²) in [5.41, 5.74) is 2.41. The maximum atomic E-state index is 13.4. The lowest BCUT2D eigenvalue weighted by molar-refractivity contribution is -0.116. The second kappa shape index (κ2) is 10.0. The Labute approximate surface area is 185 Å². The van der Waals surface area contributed by atoms with Crippen molar-refractivity contribution in [2.45, 2.75) is 6.04 Å². The average Bonchev–Trinajstić information content (AvgIpc) is 2.79. The molecule has 1 aliphatic rings. The fourth-order valence-corrected chi connectivity index (χ4v) is 3.81. The molecule has 1 atom stereocenters. The van der Waals surface area contributed by atoms with Crippen LogP contribution in [-0.4, -0.2) is 48.6 Å². The Morgan fingerprint density at radius 2 is 1.90 bits per heavy atom. The number of nitrogens with zero attached hydrogens (tertiary/aromatic N) is 2. The van der Waals surface area contributed by atoms with Crippen molar-refractivity contribution < 1.29 is 13.9 Å². The highest BCUT2D eigenvalue weighted by Crippen LogP contribution is 2.22. The van der Waals surface area contributed by atoms with Crippen LogP contribution < -0.4 is 5.32 Å². The Kier molecular flexibility index (Phi) is 6.92. The maximum Gasteiger partial charge on any atom is 0.244 e. The smallest absolute Gasteiger partial charge is 0.244 e. The third-order valence-electron chi connectivity index (χ3n) is 5.29. The lowest BCUT2D eigenvalue weighted by atomic mass is 10.0. The van der Waals surface area contributed by atoms with Gasteiger partial charge in [0, 0.05) is 36.1 Å². The van der Waals surface area contributed by atoms with Crippen LogP contribution in [0, 0.1) is 5.82 Å². The van der Waals surface area contributed by atoms with Crippen molar-refractivity contribution in [3.8, 4) is 0 Å². The van der Waals surface area contributed by atoms with E-state index in [1.54, 1.807) is 24.3 Å². The predicted molar refractivity (Wildman–Crippen MR) is 120 cm³/mol. The number of ether oxygens (including phenoxy) is 1. The largest absolute Gasteiger partial charge is 0.379 e. The maximum absolute atomic E-state index is 13.4. The van der Waals surface area contributed by atoms with Gasteiger partial charge in [-0.1, -0.05) is 35.9 Å². The quantitative estimate of drug-likeness (QED) is 0.584. The number of fused-ring (bicyclic) bond motifs is 1. The van der Waals surface area contributed by atoms with Crippen LogP contribution in [0.1, 0.15) is 17.3 Å². The summed E-state index contributed by atoms with van der Waals surface area (Å²) < 4.78 is 18.8. The third-order valence-corrected chi connectivity index (χ3v) is 5.53. The van der Waals surface area contributed by atoms with E-state index >= 15 is 0 Å². The van der Waals surface area contributed by atoms with Gasteiger partial charge in [0.15, 0.2) is 0 Å². The molecule has 4 rings (SSSR count). The number of halogens is 2. The topological polar surface area (TPSA) is 54.5 Å². The molecule has 2 heterocycles. The van der Waals surface area contributed by atoms with E-state index in [9.17, 15) is 9.18 Å². The summed E-state index contributed by atoms with van der Waals surface area (Å²) in [5.74, 6) is -0.492. The molecular formula is C24H23ClFN3O2. The van der Waals surface area contributed by atoms with Gasteiger partial charge in [-0.25, -0.2) is 9.37 Å². The third kappa shape index (κ3) is 5.67. The van der Waals surface area contributed by atoms with Crippen LogP contribution >= 0.6 is 11.6 Å². The number of carbonyl (C=O) groups excluding carboxylic acids is 1. The first-order chi connectivity index (χ1) is 15.1. The molecule has 0 bridgehead atoms. The number of morpholine rings is 1. The van der Waals surface area contributed by atoms with Gasteiger partial charge in [-0.2, -0.15) is 0 Å². The molecule has 5 nitrogen and oxygen atoms in total. The molecule has 0 saturated carbocycles. The summed E-state index contributed by atoms with van der Waals surface area (Å²) in [4.78, 5) is 19.2. The fourth-order valence-electron chi connectivity index (χ4n) is 3.65. The molecule has 0 spiro atoms. The Morgan fingerprint density at radius 1 is 1.16 bits per heavy atom. The van der Waals surface area contributed by atoms with E-state index in [1.165, 1.54) is 18.2 Å². The lowest BCUT2D eigenvalue weighted by Gasteiger charge is -2.34. The number of hydrogen-bond acceptors (Lipinski definition) is 4. The molecule has 3 aromatic rings. The van der Waals surface area contributed by atoms with Crippen LogP contribution in [0.2, 0.25) is 5.02 Å². The molecule has 0 radical (unpaired) electrons. The Hall–Kier alpha value is -2.80. The molecule has 0 aliphatic carbocycles. The van der Waals surface area contributed by atoms with Gasteiger partial charge >= 0.3 is 0 Å². The minimum absolute atomic E-state index is 0.0530. The van der Waals surface area contributed by atoms with Crippen LogP contribution in [-0.2, 0) is 9.53 Å². The molecule has 7 heteroatoms. The summed E-state index contributed by atoms with van der Waals surface area (Å²) in [5, 5.41) is 4.56. The highest BCUT2D eigenvalue weighted by molar-refractivity contribution is 6.31. The molecule has 1 aliphatic heterocycles. The number of rotatable bonds is 6. The molecular weight excluding hydrogens is 417 g/mol. The lowest BCUT2D eigenvalue weighted by Crippen LogP contribution is -2.43. The molecule has 160 valence electrons. The minimum atomic E-state index is -0.277. The van der Waals surface area contributed by atoms with Gasteiger partial charge in [-0.15, -0.1) is 0 Å². The Morgan fingerprint density at radius 3 is 2.68 bits per heavy atom. The molecule has 1 saturated heterocycles. The molecule has 2 aromatic carbocycles. The van der Waals surface area contributed by atoms with Crippen LogP contribution in [0.3, 0.4) is 0 Å². The number of benzene rings is 2. The molecule has 1 unspecified atom stereocenters. The Bertz CT molecular complexity index is 1080. The van der Waals surface area contributed by atoms with Crippen molar-refractivity contribution in [3.63, 3.8) is 0 Å². The summed E-state index contributed by atoms with van der Waals surface area (Å²) in [7, 11) is 0. The van der Waals surface area contributed by atoms with E-state index in [2.05, 4.69) is 15.2 Å². The van der Waals surface area contributed by atoms with Crippen LogP contribution in [0.15, 0.2) is 60.7 Å². The van der Waals surface area contributed by atoms with Crippen molar-refractivity contribution in [1.82, 2.24) is 15.2 Å². The van der Waals surface area contributed by atoms with Gasteiger partial charge in [-0.3, -0.25) is 9.69 Å². The number of hydrogen-bond donors (Lipinski definition) is 1. The Balaban J connectivity index is 1.42. The van der Waals surface area contributed by atoms with Crippen LogP contribution in [0.4, 0.5) is 4.39 Å². The summed E-state index contributed by atoms with van der Waals surface area (Å²) in [6.45, 7) is 3.22. The molecule has 31 heavy (non-hydrogen) atoms. The first kappa shape index (κ1) is 21.4. The standard InChI is InChI=1S/C24H23ClFN3O2/c25-19-5-1-17-4-8-21(28-22(17)15-19)9-10-24(30)27-16-23(29-11-13-31-14-12-29)18-2-6-20(26)7-3-18/h1-10,15,23H,11-14,16H2,(H,27,30). The van der Waals surface area contributed by atoms with Gasteiger partial charge in [-0.05, 0) is 42.0 Å². The number of nitrogens with one attached hydrogen (secondary N) is 1. The number of amides is 1. The summed E-state index contributed by atoms with van der Waals surface area (Å²) in [6.07, 6.45) is 3.15. The molecule has 1 aromatic heterocycles. The second-order valence-corrected chi connectivity index (χ2v) is 7.80. The number of pyridine rings is 1. The number of aromatic nitrogens is 1. The van der Waals surface area contributed by atoms with Crippen LogP contribution in [0.25, 0.3) is 17.0 Å². The summed E-state index contributed by atoms with van der Waals surface area (Å²) >= 11 is 6.04.